The van der Waals surface area contributed by atoms with Gasteiger partial charge >= 0.3 is 0 Å². The first-order valence-electron chi connectivity index (χ1n) is 7.63. The number of carbonyl (C=O) groups is 1. The van der Waals surface area contributed by atoms with Crippen molar-refractivity contribution in [1.82, 2.24) is 4.98 Å². The number of pyridine rings is 1. The molecule has 3 nitrogen and oxygen atoms in total. The molecular formula is C20H18N2O. The van der Waals surface area contributed by atoms with E-state index >= 15 is 0 Å². The van der Waals surface area contributed by atoms with Crippen LogP contribution in [0, 0.1) is 0 Å². The summed E-state index contributed by atoms with van der Waals surface area (Å²) in [5.41, 5.74) is 9.90. The smallest absolute Gasteiger partial charge is 0.251 e. The van der Waals surface area contributed by atoms with Gasteiger partial charge in [0, 0.05) is 11.8 Å². The Morgan fingerprint density at radius 3 is 2.17 bits per heavy atom. The summed E-state index contributed by atoms with van der Waals surface area (Å²) < 4.78 is 0. The van der Waals surface area contributed by atoms with Crippen molar-refractivity contribution in [2.75, 3.05) is 0 Å². The van der Waals surface area contributed by atoms with Crippen LogP contribution >= 0.6 is 0 Å². The lowest BCUT2D eigenvalue weighted by Crippen LogP contribution is -2.16. The molecule has 1 heterocycles. The summed E-state index contributed by atoms with van der Waals surface area (Å²) in [5, 5.41) is 0. The monoisotopic (exact) mass is 302 g/mol. The maximum absolute atomic E-state index is 12.0. The molecule has 3 aromatic rings. The fraction of sp³-hybridized carbons (Fsp3) is 0.100. The minimum atomic E-state index is -0.431. The van der Waals surface area contributed by atoms with E-state index in [1.165, 1.54) is 5.56 Å². The number of rotatable bonds is 5. The standard InChI is InChI=1S/C20H18N2O/c21-20(23)18-16(12-11-15-7-3-1-4-8-15)13-14-22-19(18)17-9-5-2-6-10-17/h1-10,13-14H,11-12H2,(H2,21,23). The lowest BCUT2D eigenvalue weighted by atomic mass is 9.96. The number of amides is 1. The second-order valence-corrected chi connectivity index (χ2v) is 5.41. The lowest BCUT2D eigenvalue weighted by Gasteiger charge is -2.11. The third-order valence-corrected chi connectivity index (χ3v) is 3.86. The fourth-order valence-corrected chi connectivity index (χ4v) is 2.72. The quantitative estimate of drug-likeness (QED) is 0.782. The Balaban J connectivity index is 1.96. The second-order valence-electron chi connectivity index (χ2n) is 5.41. The van der Waals surface area contributed by atoms with Crippen LogP contribution in [0.1, 0.15) is 21.5 Å². The number of primary amides is 1. The van der Waals surface area contributed by atoms with E-state index in [9.17, 15) is 4.79 Å². The van der Waals surface area contributed by atoms with Gasteiger partial charge in [-0.1, -0.05) is 60.7 Å². The average Bonchev–Trinajstić information content (AvgIpc) is 2.61. The molecule has 23 heavy (non-hydrogen) atoms. The largest absolute Gasteiger partial charge is 0.366 e. The van der Waals surface area contributed by atoms with Crippen molar-refractivity contribution >= 4 is 5.91 Å². The van der Waals surface area contributed by atoms with Gasteiger partial charge in [-0.3, -0.25) is 9.78 Å². The molecule has 0 fully saturated rings. The number of nitrogens with zero attached hydrogens (tertiary/aromatic N) is 1. The van der Waals surface area contributed by atoms with Gasteiger partial charge < -0.3 is 5.73 Å². The summed E-state index contributed by atoms with van der Waals surface area (Å²) in [4.78, 5) is 16.4. The first-order valence-corrected chi connectivity index (χ1v) is 7.63. The van der Waals surface area contributed by atoms with Gasteiger partial charge in [-0.2, -0.15) is 0 Å². The Kier molecular flexibility index (Phi) is 4.48. The molecule has 0 aliphatic rings. The van der Waals surface area contributed by atoms with Crippen LogP contribution in [-0.4, -0.2) is 10.9 Å². The average molecular weight is 302 g/mol. The number of aromatic nitrogens is 1. The molecule has 0 radical (unpaired) electrons. The van der Waals surface area contributed by atoms with Crippen LogP contribution in [0.4, 0.5) is 0 Å². The predicted octanol–water partition coefficient (Wildman–Crippen LogP) is 3.63. The van der Waals surface area contributed by atoms with Gasteiger partial charge in [-0.05, 0) is 30.0 Å². The van der Waals surface area contributed by atoms with Crippen molar-refractivity contribution < 1.29 is 4.79 Å². The maximum Gasteiger partial charge on any atom is 0.251 e. The van der Waals surface area contributed by atoms with Gasteiger partial charge in [-0.15, -0.1) is 0 Å². The van der Waals surface area contributed by atoms with Crippen LogP contribution in [0.3, 0.4) is 0 Å². The first kappa shape index (κ1) is 15.0. The highest BCUT2D eigenvalue weighted by Gasteiger charge is 2.16. The predicted molar refractivity (Wildman–Crippen MR) is 92.0 cm³/mol. The molecular weight excluding hydrogens is 284 g/mol. The third-order valence-electron chi connectivity index (χ3n) is 3.86. The molecule has 0 bridgehead atoms. The van der Waals surface area contributed by atoms with E-state index in [1.54, 1.807) is 6.20 Å². The Labute approximate surface area is 135 Å². The summed E-state index contributed by atoms with van der Waals surface area (Å²) in [6.07, 6.45) is 3.36. The Morgan fingerprint density at radius 2 is 1.52 bits per heavy atom. The van der Waals surface area contributed by atoms with E-state index in [0.29, 0.717) is 11.3 Å². The van der Waals surface area contributed by atoms with Gasteiger partial charge in [0.15, 0.2) is 0 Å². The highest BCUT2D eigenvalue weighted by atomic mass is 16.1. The topological polar surface area (TPSA) is 56.0 Å². The molecule has 3 rings (SSSR count). The fourth-order valence-electron chi connectivity index (χ4n) is 2.72. The Bertz CT molecular complexity index is 798. The molecule has 1 amide bonds. The first-order chi connectivity index (χ1) is 11.3. The van der Waals surface area contributed by atoms with Gasteiger partial charge in [0.1, 0.15) is 0 Å². The van der Waals surface area contributed by atoms with Crippen molar-refractivity contribution in [1.29, 1.82) is 0 Å². The second kappa shape index (κ2) is 6.88. The minimum Gasteiger partial charge on any atom is -0.366 e. The van der Waals surface area contributed by atoms with E-state index in [0.717, 1.165) is 24.0 Å². The highest BCUT2D eigenvalue weighted by Crippen LogP contribution is 2.24. The zero-order chi connectivity index (χ0) is 16.1. The number of hydrogen-bond acceptors (Lipinski definition) is 2. The molecule has 2 aromatic carbocycles. The summed E-state index contributed by atoms with van der Waals surface area (Å²) in [7, 11) is 0. The van der Waals surface area contributed by atoms with Crippen LogP contribution in [0.15, 0.2) is 72.9 Å². The zero-order valence-electron chi connectivity index (χ0n) is 12.8. The van der Waals surface area contributed by atoms with Crippen molar-refractivity contribution in [2.24, 2.45) is 5.73 Å². The molecule has 1 aromatic heterocycles. The van der Waals surface area contributed by atoms with E-state index in [1.807, 2.05) is 54.6 Å². The zero-order valence-corrected chi connectivity index (χ0v) is 12.8. The molecule has 2 N–H and O–H groups in total. The van der Waals surface area contributed by atoms with Crippen LogP contribution in [0.5, 0.6) is 0 Å². The van der Waals surface area contributed by atoms with Crippen LogP contribution in [0.2, 0.25) is 0 Å². The molecule has 0 unspecified atom stereocenters. The summed E-state index contributed by atoms with van der Waals surface area (Å²) in [6, 6.07) is 21.8. The third kappa shape index (κ3) is 3.46. The van der Waals surface area contributed by atoms with Crippen LogP contribution in [0.25, 0.3) is 11.3 Å². The van der Waals surface area contributed by atoms with Gasteiger partial charge in [-0.25, -0.2) is 0 Å². The van der Waals surface area contributed by atoms with Crippen LogP contribution in [-0.2, 0) is 12.8 Å². The molecule has 0 aliphatic carbocycles. The molecule has 0 saturated carbocycles. The number of hydrogen-bond donors (Lipinski definition) is 1. The SMILES string of the molecule is NC(=O)c1c(CCc2ccccc2)ccnc1-c1ccccc1. The van der Waals surface area contributed by atoms with Gasteiger partial charge in [0.2, 0.25) is 0 Å². The van der Waals surface area contributed by atoms with Crippen molar-refractivity contribution in [3.05, 3.63) is 89.6 Å². The number of nitrogens with two attached hydrogens (primary N) is 1. The summed E-state index contributed by atoms with van der Waals surface area (Å²) >= 11 is 0. The lowest BCUT2D eigenvalue weighted by molar-refractivity contribution is 0.0999. The Morgan fingerprint density at radius 1 is 0.870 bits per heavy atom. The van der Waals surface area contributed by atoms with Crippen molar-refractivity contribution in [2.45, 2.75) is 12.8 Å². The van der Waals surface area contributed by atoms with Crippen LogP contribution < -0.4 is 5.73 Å². The van der Waals surface area contributed by atoms with Gasteiger partial charge in [0.05, 0.1) is 11.3 Å². The summed E-state index contributed by atoms with van der Waals surface area (Å²) in [6.45, 7) is 0. The van der Waals surface area contributed by atoms with Crippen molar-refractivity contribution in [3.8, 4) is 11.3 Å². The molecule has 0 saturated heterocycles. The summed E-state index contributed by atoms with van der Waals surface area (Å²) in [5.74, 6) is -0.431. The van der Waals surface area contributed by atoms with Gasteiger partial charge in [0.25, 0.3) is 5.91 Å². The van der Waals surface area contributed by atoms with Crippen molar-refractivity contribution in [3.63, 3.8) is 0 Å². The highest BCUT2D eigenvalue weighted by molar-refractivity contribution is 6.00. The molecule has 0 atom stereocenters. The Hall–Kier alpha value is -2.94. The van der Waals surface area contributed by atoms with E-state index in [2.05, 4.69) is 17.1 Å². The van der Waals surface area contributed by atoms with E-state index in [4.69, 9.17) is 5.73 Å². The van der Waals surface area contributed by atoms with E-state index < -0.39 is 5.91 Å². The molecule has 0 spiro atoms. The molecule has 3 heteroatoms. The number of aryl methyl sites for hydroxylation is 2. The van der Waals surface area contributed by atoms with E-state index in [-0.39, 0.29) is 0 Å². The minimum absolute atomic E-state index is 0.431. The molecule has 0 aliphatic heterocycles. The number of benzene rings is 2. The molecule has 114 valence electrons. The normalized spacial score (nSPS) is 10.4. The maximum atomic E-state index is 12.0. The number of carbonyl (C=O) groups excluding carboxylic acids is 1.